The molecule has 0 spiro atoms. The van der Waals surface area contributed by atoms with Crippen molar-refractivity contribution in [3.8, 4) is 5.75 Å². The van der Waals surface area contributed by atoms with Crippen LogP contribution >= 0.6 is 23.2 Å². The predicted molar refractivity (Wildman–Crippen MR) is 66.6 cm³/mol. The molecule has 1 aromatic rings. The van der Waals surface area contributed by atoms with Gasteiger partial charge in [0.25, 0.3) is 0 Å². The van der Waals surface area contributed by atoms with Gasteiger partial charge in [-0.25, -0.2) is 0 Å². The molecule has 0 heterocycles. The molecule has 0 aromatic heterocycles. The molecule has 1 N–H and O–H groups in total. The van der Waals surface area contributed by atoms with Gasteiger partial charge in [-0.05, 0) is 12.1 Å². The van der Waals surface area contributed by atoms with Crippen LogP contribution in [-0.4, -0.2) is 27.4 Å². The summed E-state index contributed by atoms with van der Waals surface area (Å²) in [6, 6.07) is 3.51. The summed E-state index contributed by atoms with van der Waals surface area (Å²) >= 11 is 11.9. The lowest BCUT2D eigenvalue weighted by atomic mass is 10.2. The van der Waals surface area contributed by atoms with Gasteiger partial charge >= 0.3 is 0 Å². The summed E-state index contributed by atoms with van der Waals surface area (Å²) in [7, 11) is 3.26. The highest BCUT2D eigenvalue weighted by atomic mass is 35.5. The van der Waals surface area contributed by atoms with E-state index >= 15 is 0 Å². The van der Waals surface area contributed by atoms with Crippen molar-refractivity contribution >= 4 is 23.2 Å². The summed E-state index contributed by atoms with van der Waals surface area (Å²) in [5.41, 5.74) is 0.941. The molecule has 0 unspecified atom stereocenters. The van der Waals surface area contributed by atoms with E-state index in [4.69, 9.17) is 32.7 Å². The molecule has 0 saturated carbocycles. The third-order valence-corrected chi connectivity index (χ3v) is 2.59. The zero-order valence-electron chi connectivity index (χ0n) is 9.73. The van der Waals surface area contributed by atoms with E-state index in [-0.39, 0.29) is 12.4 Å². The predicted octanol–water partition coefficient (Wildman–Crippen LogP) is -0.258. The summed E-state index contributed by atoms with van der Waals surface area (Å²) in [5, 5.41) is 4.34. The molecule has 0 amide bonds. The van der Waals surface area contributed by atoms with Crippen LogP contribution in [0.2, 0.25) is 10.0 Å². The summed E-state index contributed by atoms with van der Waals surface area (Å²) in [6.45, 7) is 2.08. The summed E-state index contributed by atoms with van der Waals surface area (Å²) < 4.78 is 10.2. The second-order valence-corrected chi connectivity index (χ2v) is 4.09. The molecule has 0 bridgehead atoms. The lowest BCUT2D eigenvalue weighted by Crippen LogP contribution is -3.00. The van der Waals surface area contributed by atoms with Gasteiger partial charge in [-0.3, -0.25) is 0 Å². The first-order chi connectivity index (χ1) is 7.69. The molecular formula is C11H15Cl3NO2-. The van der Waals surface area contributed by atoms with Crippen LogP contribution in [0, 0.1) is 0 Å². The Labute approximate surface area is 118 Å². The van der Waals surface area contributed by atoms with Gasteiger partial charge in [0, 0.05) is 30.8 Å². The first kappa shape index (κ1) is 16.8. The van der Waals surface area contributed by atoms with E-state index in [9.17, 15) is 0 Å². The Morgan fingerprint density at radius 1 is 1.24 bits per heavy atom. The maximum Gasteiger partial charge on any atom is 0.142 e. The fraction of sp³-hybridized carbons (Fsp3) is 0.455. The quantitative estimate of drug-likeness (QED) is 0.735. The first-order valence-corrected chi connectivity index (χ1v) is 5.66. The van der Waals surface area contributed by atoms with Crippen LogP contribution in [0.4, 0.5) is 0 Å². The van der Waals surface area contributed by atoms with Gasteiger partial charge in [0.05, 0.1) is 18.7 Å². The third kappa shape index (κ3) is 5.32. The fourth-order valence-corrected chi connectivity index (χ4v) is 1.98. The summed E-state index contributed by atoms with van der Waals surface area (Å²) in [6.07, 6.45) is 0. The van der Waals surface area contributed by atoms with E-state index in [0.29, 0.717) is 28.9 Å². The SMILES string of the molecule is COCCNCc1cc(Cl)cc(Cl)c1OC.[Cl-]. The van der Waals surface area contributed by atoms with E-state index in [1.807, 2.05) is 6.07 Å². The van der Waals surface area contributed by atoms with Gasteiger partial charge in [0.1, 0.15) is 5.75 Å². The van der Waals surface area contributed by atoms with Crippen LogP contribution < -0.4 is 22.5 Å². The van der Waals surface area contributed by atoms with Gasteiger partial charge in [-0.15, -0.1) is 0 Å². The summed E-state index contributed by atoms with van der Waals surface area (Å²) in [4.78, 5) is 0. The maximum absolute atomic E-state index is 6.01. The third-order valence-electron chi connectivity index (χ3n) is 2.09. The Bertz CT molecular complexity index is 348. The van der Waals surface area contributed by atoms with Crippen molar-refractivity contribution in [2.45, 2.75) is 6.54 Å². The van der Waals surface area contributed by atoms with Crippen molar-refractivity contribution < 1.29 is 21.9 Å². The van der Waals surface area contributed by atoms with Crippen LogP contribution in [0.25, 0.3) is 0 Å². The second-order valence-electron chi connectivity index (χ2n) is 3.25. The summed E-state index contributed by atoms with van der Waals surface area (Å²) in [5.74, 6) is 0.663. The van der Waals surface area contributed by atoms with Crippen molar-refractivity contribution in [1.82, 2.24) is 5.32 Å². The van der Waals surface area contributed by atoms with Gasteiger partial charge in [0.15, 0.2) is 0 Å². The highest BCUT2D eigenvalue weighted by Gasteiger charge is 2.09. The number of hydrogen-bond acceptors (Lipinski definition) is 3. The van der Waals surface area contributed by atoms with E-state index in [1.54, 1.807) is 20.3 Å². The Hall–Kier alpha value is -0.190. The molecule has 0 aliphatic carbocycles. The molecule has 17 heavy (non-hydrogen) atoms. The number of halogens is 3. The molecule has 0 aliphatic heterocycles. The number of nitrogens with one attached hydrogen (secondary N) is 1. The average Bonchev–Trinajstić information content (AvgIpc) is 2.24. The average molecular weight is 300 g/mol. The molecule has 1 aromatic carbocycles. The van der Waals surface area contributed by atoms with Crippen molar-refractivity contribution in [3.05, 3.63) is 27.7 Å². The highest BCUT2D eigenvalue weighted by Crippen LogP contribution is 2.31. The van der Waals surface area contributed by atoms with Crippen molar-refractivity contribution in [1.29, 1.82) is 0 Å². The Kier molecular flexibility index (Phi) is 8.74. The molecule has 0 fully saturated rings. The molecule has 6 heteroatoms. The molecule has 98 valence electrons. The van der Waals surface area contributed by atoms with Crippen LogP contribution in [-0.2, 0) is 11.3 Å². The number of hydrogen-bond donors (Lipinski definition) is 1. The zero-order chi connectivity index (χ0) is 12.0. The van der Waals surface area contributed by atoms with Gasteiger partial charge < -0.3 is 27.2 Å². The lowest BCUT2D eigenvalue weighted by Gasteiger charge is -2.11. The van der Waals surface area contributed by atoms with Crippen LogP contribution in [0.5, 0.6) is 5.75 Å². The minimum Gasteiger partial charge on any atom is -1.00 e. The standard InChI is InChI=1S/C11H15Cl2NO2.ClH/c1-15-4-3-14-7-8-5-9(12)6-10(13)11(8)16-2;/h5-6,14H,3-4,7H2,1-2H3;1H/p-1. The minimum atomic E-state index is 0. The Balaban J connectivity index is 0.00000256. The topological polar surface area (TPSA) is 30.5 Å². The van der Waals surface area contributed by atoms with Crippen molar-refractivity contribution in [2.24, 2.45) is 0 Å². The first-order valence-electron chi connectivity index (χ1n) is 4.90. The van der Waals surface area contributed by atoms with E-state index in [1.165, 1.54) is 0 Å². The molecule has 1 rings (SSSR count). The van der Waals surface area contributed by atoms with E-state index < -0.39 is 0 Å². The van der Waals surface area contributed by atoms with Crippen molar-refractivity contribution in [3.63, 3.8) is 0 Å². The van der Waals surface area contributed by atoms with Gasteiger partial charge in [-0.2, -0.15) is 0 Å². The normalized spacial score (nSPS) is 9.88. The van der Waals surface area contributed by atoms with Gasteiger partial charge in [0.2, 0.25) is 0 Å². The van der Waals surface area contributed by atoms with Gasteiger partial charge in [-0.1, -0.05) is 23.2 Å². The highest BCUT2D eigenvalue weighted by molar-refractivity contribution is 6.35. The number of benzene rings is 1. The maximum atomic E-state index is 6.01. The molecular weight excluding hydrogens is 284 g/mol. The second kappa shape index (κ2) is 8.84. The largest absolute Gasteiger partial charge is 1.00 e. The Morgan fingerprint density at radius 3 is 2.53 bits per heavy atom. The minimum absolute atomic E-state index is 0. The van der Waals surface area contributed by atoms with E-state index in [2.05, 4.69) is 5.32 Å². The molecule has 0 aliphatic rings. The molecule has 0 atom stereocenters. The number of ether oxygens (including phenoxy) is 2. The van der Waals surface area contributed by atoms with Crippen LogP contribution in [0.3, 0.4) is 0 Å². The van der Waals surface area contributed by atoms with Crippen molar-refractivity contribution in [2.75, 3.05) is 27.4 Å². The number of rotatable bonds is 6. The fourth-order valence-electron chi connectivity index (χ4n) is 1.37. The molecule has 0 saturated heterocycles. The number of methoxy groups -OCH3 is 2. The molecule has 3 nitrogen and oxygen atoms in total. The van der Waals surface area contributed by atoms with E-state index in [0.717, 1.165) is 12.1 Å². The van der Waals surface area contributed by atoms with Crippen LogP contribution in [0.15, 0.2) is 12.1 Å². The monoisotopic (exact) mass is 298 g/mol. The Morgan fingerprint density at radius 2 is 1.94 bits per heavy atom. The smallest absolute Gasteiger partial charge is 0.142 e. The zero-order valence-corrected chi connectivity index (χ0v) is 12.0. The lowest BCUT2D eigenvalue weighted by molar-refractivity contribution is -0.00000377. The van der Waals surface area contributed by atoms with Crippen LogP contribution in [0.1, 0.15) is 5.56 Å². The molecule has 0 radical (unpaired) electrons.